The Morgan fingerprint density at radius 1 is 1.29 bits per heavy atom. The lowest BCUT2D eigenvalue weighted by atomic mass is 9.96. The minimum absolute atomic E-state index is 0.213. The van der Waals surface area contributed by atoms with Gasteiger partial charge in [0, 0.05) is 6.42 Å². The van der Waals surface area contributed by atoms with E-state index in [9.17, 15) is 9.59 Å². The van der Waals surface area contributed by atoms with Crippen LogP contribution in [0.2, 0.25) is 0 Å². The summed E-state index contributed by atoms with van der Waals surface area (Å²) in [5, 5.41) is 11.6. The highest BCUT2D eigenvalue weighted by Crippen LogP contribution is 2.19. The van der Waals surface area contributed by atoms with Gasteiger partial charge < -0.3 is 10.4 Å². The van der Waals surface area contributed by atoms with Crippen molar-refractivity contribution in [2.45, 2.75) is 45.1 Å². The summed E-state index contributed by atoms with van der Waals surface area (Å²) in [5.41, 5.74) is 1.19. The van der Waals surface area contributed by atoms with Gasteiger partial charge in [-0.1, -0.05) is 49.4 Å². The van der Waals surface area contributed by atoms with Crippen LogP contribution in [0.5, 0.6) is 0 Å². The molecule has 4 nitrogen and oxygen atoms in total. The van der Waals surface area contributed by atoms with Crippen molar-refractivity contribution < 1.29 is 14.7 Å². The molecule has 1 amide bonds. The third-order valence-corrected chi connectivity index (χ3v) is 3.41. The van der Waals surface area contributed by atoms with Crippen LogP contribution in [0.15, 0.2) is 42.5 Å². The molecule has 21 heavy (non-hydrogen) atoms. The molecule has 114 valence electrons. The number of benzene rings is 1. The fourth-order valence-electron chi connectivity index (χ4n) is 2.06. The molecule has 0 aromatic heterocycles. The van der Waals surface area contributed by atoms with E-state index < -0.39 is 12.0 Å². The predicted octanol–water partition coefficient (Wildman–Crippen LogP) is 3.11. The van der Waals surface area contributed by atoms with Gasteiger partial charge in [-0.3, -0.25) is 4.79 Å². The van der Waals surface area contributed by atoms with Crippen molar-refractivity contribution in [2.24, 2.45) is 0 Å². The number of carbonyl (C=O) groups is 2. The normalized spacial score (nSPS) is 13.8. The number of carbonyl (C=O) groups excluding carboxylic acids is 1. The van der Waals surface area contributed by atoms with E-state index in [1.807, 2.05) is 37.3 Å². The van der Waals surface area contributed by atoms with Crippen molar-refractivity contribution in [3.8, 4) is 0 Å². The third kappa shape index (κ3) is 6.25. The Labute approximate surface area is 125 Å². The number of rotatable bonds is 8. The average Bonchev–Trinajstić information content (AvgIpc) is 2.49. The highest BCUT2D eigenvalue weighted by molar-refractivity contribution is 5.83. The number of amides is 1. The summed E-state index contributed by atoms with van der Waals surface area (Å²) in [6.07, 6.45) is 4.86. The lowest BCUT2D eigenvalue weighted by molar-refractivity contribution is -0.141. The van der Waals surface area contributed by atoms with Gasteiger partial charge in [0.15, 0.2) is 0 Å². The summed E-state index contributed by atoms with van der Waals surface area (Å²) in [4.78, 5) is 22.9. The van der Waals surface area contributed by atoms with Crippen molar-refractivity contribution in [2.75, 3.05) is 0 Å². The number of nitrogens with one attached hydrogen (secondary N) is 1. The minimum atomic E-state index is -1.00. The lowest BCUT2D eigenvalue weighted by Crippen LogP contribution is -2.40. The molecular weight excluding hydrogens is 266 g/mol. The van der Waals surface area contributed by atoms with E-state index in [2.05, 4.69) is 12.2 Å². The number of allylic oxidation sites excluding steroid dienone is 1. The fourth-order valence-corrected chi connectivity index (χ4v) is 2.06. The van der Waals surface area contributed by atoms with Crippen LogP contribution in [-0.2, 0) is 9.59 Å². The van der Waals surface area contributed by atoms with Gasteiger partial charge in [-0.15, -0.1) is 0 Å². The zero-order valence-electron chi connectivity index (χ0n) is 12.6. The summed E-state index contributed by atoms with van der Waals surface area (Å²) in [6.45, 7) is 3.89. The van der Waals surface area contributed by atoms with E-state index in [4.69, 9.17) is 5.11 Å². The molecule has 0 radical (unpaired) electrons. The van der Waals surface area contributed by atoms with Gasteiger partial charge in [-0.05, 0) is 31.2 Å². The standard InChI is InChI=1S/C17H23NO3/c1-3-4-10-15(17(20)21)18-16(19)12-11-13(2)14-8-6-5-7-9-14/h3-9,13,15H,10-12H2,1-2H3,(H,18,19)(H,20,21)/b4-3+. The Hall–Kier alpha value is -2.10. The number of hydrogen-bond donors (Lipinski definition) is 2. The zero-order chi connectivity index (χ0) is 15.7. The molecule has 1 rings (SSSR count). The summed E-state index contributed by atoms with van der Waals surface area (Å²) in [5.74, 6) is -0.942. The van der Waals surface area contributed by atoms with Gasteiger partial charge in [0.05, 0.1) is 0 Å². The molecule has 0 saturated carbocycles. The second-order valence-electron chi connectivity index (χ2n) is 5.11. The maximum atomic E-state index is 11.9. The molecule has 0 aliphatic rings. The molecular formula is C17H23NO3. The maximum absolute atomic E-state index is 11.9. The van der Waals surface area contributed by atoms with Crippen LogP contribution >= 0.6 is 0 Å². The van der Waals surface area contributed by atoms with Crippen LogP contribution in [0.1, 0.15) is 44.6 Å². The van der Waals surface area contributed by atoms with E-state index in [0.29, 0.717) is 19.3 Å². The molecule has 1 aromatic carbocycles. The first-order valence-corrected chi connectivity index (χ1v) is 7.22. The van der Waals surface area contributed by atoms with Crippen LogP contribution in [0.4, 0.5) is 0 Å². The first-order chi connectivity index (χ1) is 10.0. The smallest absolute Gasteiger partial charge is 0.326 e. The van der Waals surface area contributed by atoms with Crippen molar-refractivity contribution in [3.63, 3.8) is 0 Å². The van der Waals surface area contributed by atoms with Crippen LogP contribution < -0.4 is 5.32 Å². The summed E-state index contributed by atoms with van der Waals surface area (Å²) in [6, 6.07) is 9.14. The van der Waals surface area contributed by atoms with Crippen LogP contribution in [-0.4, -0.2) is 23.0 Å². The van der Waals surface area contributed by atoms with Crippen LogP contribution in [0, 0.1) is 0 Å². The lowest BCUT2D eigenvalue weighted by Gasteiger charge is -2.15. The average molecular weight is 289 g/mol. The molecule has 0 aliphatic heterocycles. The third-order valence-electron chi connectivity index (χ3n) is 3.41. The molecule has 2 N–H and O–H groups in total. The summed E-state index contributed by atoms with van der Waals surface area (Å²) in [7, 11) is 0. The van der Waals surface area contributed by atoms with Crippen molar-refractivity contribution in [1.82, 2.24) is 5.32 Å². The molecule has 0 fully saturated rings. The van der Waals surface area contributed by atoms with Crippen LogP contribution in [0.25, 0.3) is 0 Å². The highest BCUT2D eigenvalue weighted by atomic mass is 16.4. The van der Waals surface area contributed by atoms with E-state index in [1.54, 1.807) is 12.2 Å². The largest absolute Gasteiger partial charge is 0.480 e. The topological polar surface area (TPSA) is 66.4 Å². The second kappa shape index (κ2) is 8.95. The number of aliphatic carboxylic acids is 1. The molecule has 0 aliphatic carbocycles. The van der Waals surface area contributed by atoms with Gasteiger partial charge in [-0.2, -0.15) is 0 Å². The number of carboxylic acids is 1. The first kappa shape index (κ1) is 17.0. The van der Waals surface area contributed by atoms with Gasteiger partial charge in [0.1, 0.15) is 6.04 Å². The Bertz CT molecular complexity index is 482. The number of hydrogen-bond acceptors (Lipinski definition) is 2. The Morgan fingerprint density at radius 3 is 2.52 bits per heavy atom. The molecule has 1 aromatic rings. The molecule has 2 unspecified atom stereocenters. The molecule has 0 spiro atoms. The Balaban J connectivity index is 2.44. The van der Waals surface area contributed by atoms with Gasteiger partial charge in [0.2, 0.25) is 5.91 Å². The quantitative estimate of drug-likeness (QED) is 0.723. The molecule has 2 atom stereocenters. The predicted molar refractivity (Wildman–Crippen MR) is 83.1 cm³/mol. The summed E-state index contributed by atoms with van der Waals surface area (Å²) < 4.78 is 0. The minimum Gasteiger partial charge on any atom is -0.480 e. The van der Waals surface area contributed by atoms with E-state index >= 15 is 0 Å². The maximum Gasteiger partial charge on any atom is 0.326 e. The van der Waals surface area contributed by atoms with Crippen molar-refractivity contribution in [1.29, 1.82) is 0 Å². The Morgan fingerprint density at radius 2 is 1.95 bits per heavy atom. The van der Waals surface area contributed by atoms with Crippen LogP contribution in [0.3, 0.4) is 0 Å². The fraction of sp³-hybridized carbons (Fsp3) is 0.412. The number of carboxylic acid groups (broad SMARTS) is 1. The molecule has 0 heterocycles. The molecule has 4 heteroatoms. The van der Waals surface area contributed by atoms with Gasteiger partial charge >= 0.3 is 5.97 Å². The van der Waals surface area contributed by atoms with E-state index in [-0.39, 0.29) is 11.8 Å². The second-order valence-corrected chi connectivity index (χ2v) is 5.11. The molecule has 0 saturated heterocycles. The van der Waals surface area contributed by atoms with Crippen molar-refractivity contribution in [3.05, 3.63) is 48.0 Å². The Kier molecular flexibility index (Phi) is 7.23. The van der Waals surface area contributed by atoms with Gasteiger partial charge in [0.25, 0.3) is 0 Å². The first-order valence-electron chi connectivity index (χ1n) is 7.22. The zero-order valence-corrected chi connectivity index (χ0v) is 12.6. The van der Waals surface area contributed by atoms with Gasteiger partial charge in [-0.25, -0.2) is 4.79 Å². The highest BCUT2D eigenvalue weighted by Gasteiger charge is 2.18. The van der Waals surface area contributed by atoms with Crippen molar-refractivity contribution >= 4 is 11.9 Å². The molecule has 0 bridgehead atoms. The monoisotopic (exact) mass is 289 g/mol. The summed E-state index contributed by atoms with van der Waals surface area (Å²) >= 11 is 0. The van der Waals surface area contributed by atoms with E-state index in [0.717, 1.165) is 0 Å². The van der Waals surface area contributed by atoms with E-state index in [1.165, 1.54) is 5.56 Å². The SMILES string of the molecule is C/C=C/CC(NC(=O)CCC(C)c1ccccc1)C(=O)O.